The van der Waals surface area contributed by atoms with Gasteiger partial charge in [-0.1, -0.05) is 30.3 Å². The lowest BCUT2D eigenvalue weighted by molar-refractivity contribution is -0.113. The van der Waals surface area contributed by atoms with Crippen LogP contribution in [0.2, 0.25) is 0 Å². The van der Waals surface area contributed by atoms with Gasteiger partial charge in [-0.15, -0.1) is 11.8 Å². The van der Waals surface area contributed by atoms with Crippen LogP contribution < -0.4 is 20.1 Å². The van der Waals surface area contributed by atoms with Gasteiger partial charge in [0.25, 0.3) is 11.8 Å². The minimum atomic E-state index is -0.536. The smallest absolute Gasteiger partial charge is 0.272 e. The summed E-state index contributed by atoms with van der Waals surface area (Å²) in [5, 5.41) is 5.56. The summed E-state index contributed by atoms with van der Waals surface area (Å²) in [7, 11) is 1.58. The van der Waals surface area contributed by atoms with Gasteiger partial charge < -0.3 is 24.5 Å². The van der Waals surface area contributed by atoms with Gasteiger partial charge >= 0.3 is 0 Å². The first-order valence-corrected chi connectivity index (χ1v) is 15.5. The van der Waals surface area contributed by atoms with Crippen molar-refractivity contribution in [3.8, 4) is 22.8 Å². The first-order chi connectivity index (χ1) is 22.4. The topological polar surface area (TPSA) is 107 Å². The summed E-state index contributed by atoms with van der Waals surface area (Å²) in [6.07, 6.45) is 1.48. The van der Waals surface area contributed by atoms with Gasteiger partial charge in [-0.2, -0.15) is 0 Å². The van der Waals surface area contributed by atoms with Gasteiger partial charge in [-0.05, 0) is 91.9 Å². The molecule has 9 heteroatoms. The van der Waals surface area contributed by atoms with E-state index in [2.05, 4.69) is 10.6 Å². The summed E-state index contributed by atoms with van der Waals surface area (Å²) in [6.45, 7) is 2.47. The number of carbonyl (C=O) groups excluding carboxylic acids is 3. The Bertz CT molecular complexity index is 1830. The Morgan fingerprint density at radius 3 is 2.24 bits per heavy atom. The second-order valence-electron chi connectivity index (χ2n) is 9.93. The van der Waals surface area contributed by atoms with Crippen LogP contribution in [0.25, 0.3) is 17.4 Å². The number of hydrogen-bond donors (Lipinski definition) is 2. The first-order valence-electron chi connectivity index (χ1n) is 14.5. The summed E-state index contributed by atoms with van der Waals surface area (Å²) in [5.41, 5.74) is 2.28. The van der Waals surface area contributed by atoms with E-state index in [4.69, 9.17) is 13.9 Å². The van der Waals surface area contributed by atoms with Gasteiger partial charge in [0, 0.05) is 27.8 Å². The average molecular weight is 633 g/mol. The number of thioether (sulfide) groups is 1. The number of nitrogens with one attached hydrogen (secondary N) is 2. The predicted molar refractivity (Wildman–Crippen MR) is 180 cm³/mol. The molecule has 2 amide bonds. The largest absolute Gasteiger partial charge is 0.496 e. The standard InChI is InChI=1S/C37H32N2O6S/c1-3-44-28-17-13-25(14-18-28)33(40)24-46-30-20-15-27(16-21-30)38-37(42)32(39-36(41)26-9-5-4-6-10-26)23-29-19-22-35(45-29)31-11-7-8-12-34(31)43-2/h4-23H,3,24H2,1-2H3,(H,38,42)(H,39,41). The lowest BCUT2D eigenvalue weighted by atomic mass is 10.1. The van der Waals surface area contributed by atoms with E-state index >= 15 is 0 Å². The van der Waals surface area contributed by atoms with Crippen molar-refractivity contribution in [3.63, 3.8) is 0 Å². The van der Waals surface area contributed by atoms with E-state index in [0.29, 0.717) is 40.7 Å². The second kappa shape index (κ2) is 15.5. The van der Waals surface area contributed by atoms with Crippen LogP contribution in [0.5, 0.6) is 11.5 Å². The molecule has 5 rings (SSSR count). The third kappa shape index (κ3) is 8.34. The maximum atomic E-state index is 13.5. The van der Waals surface area contributed by atoms with Crippen LogP contribution in [-0.4, -0.2) is 37.1 Å². The van der Waals surface area contributed by atoms with Crippen LogP contribution in [0, 0.1) is 0 Å². The fraction of sp³-hybridized carbons (Fsp3) is 0.108. The Morgan fingerprint density at radius 2 is 1.52 bits per heavy atom. The zero-order valence-corrected chi connectivity index (χ0v) is 26.1. The highest BCUT2D eigenvalue weighted by atomic mass is 32.2. The number of amides is 2. The fourth-order valence-corrected chi connectivity index (χ4v) is 5.27. The molecular formula is C37H32N2O6S. The molecule has 232 valence electrons. The molecule has 46 heavy (non-hydrogen) atoms. The van der Waals surface area contributed by atoms with E-state index in [-0.39, 0.29) is 17.2 Å². The third-order valence-corrected chi connectivity index (χ3v) is 7.80. The van der Waals surface area contributed by atoms with E-state index in [0.717, 1.165) is 16.2 Å². The van der Waals surface area contributed by atoms with E-state index in [9.17, 15) is 14.4 Å². The predicted octanol–water partition coefficient (Wildman–Crippen LogP) is 7.74. The molecule has 0 aliphatic rings. The number of Topliss-reactive ketones (excluding diaryl/α,β-unsaturated/α-hetero) is 1. The van der Waals surface area contributed by atoms with Gasteiger partial charge in [-0.3, -0.25) is 14.4 Å². The number of carbonyl (C=O) groups is 3. The summed E-state index contributed by atoms with van der Waals surface area (Å²) in [6, 6.07) is 33.8. The molecule has 2 N–H and O–H groups in total. The molecule has 0 fully saturated rings. The number of rotatable bonds is 13. The number of para-hydroxylation sites is 1. The van der Waals surface area contributed by atoms with Crippen molar-refractivity contribution in [1.29, 1.82) is 0 Å². The molecule has 0 aliphatic carbocycles. The quantitative estimate of drug-likeness (QED) is 0.0777. The van der Waals surface area contributed by atoms with Gasteiger partial charge in [0.15, 0.2) is 5.78 Å². The highest BCUT2D eigenvalue weighted by Gasteiger charge is 2.17. The Morgan fingerprint density at radius 1 is 0.804 bits per heavy atom. The first kappa shape index (κ1) is 31.9. The normalized spacial score (nSPS) is 11.0. The van der Waals surface area contributed by atoms with E-state index in [1.165, 1.54) is 17.8 Å². The average Bonchev–Trinajstić information content (AvgIpc) is 3.56. The molecule has 5 aromatic rings. The number of methoxy groups -OCH3 is 1. The van der Waals surface area contributed by atoms with Crippen molar-refractivity contribution < 1.29 is 28.3 Å². The van der Waals surface area contributed by atoms with Crippen molar-refractivity contribution >= 4 is 41.1 Å². The molecule has 0 radical (unpaired) electrons. The van der Waals surface area contributed by atoms with Crippen LogP contribution in [-0.2, 0) is 4.79 Å². The Labute approximate surface area is 271 Å². The molecule has 1 aromatic heterocycles. The van der Waals surface area contributed by atoms with Crippen molar-refractivity contribution in [3.05, 3.63) is 138 Å². The van der Waals surface area contributed by atoms with Crippen LogP contribution in [0.15, 0.2) is 130 Å². The van der Waals surface area contributed by atoms with Gasteiger partial charge in [-0.25, -0.2) is 0 Å². The van der Waals surface area contributed by atoms with E-state index in [1.54, 1.807) is 86.0 Å². The van der Waals surface area contributed by atoms with Crippen molar-refractivity contribution in [2.45, 2.75) is 11.8 Å². The molecule has 8 nitrogen and oxygen atoms in total. The molecule has 0 saturated heterocycles. The highest BCUT2D eigenvalue weighted by Crippen LogP contribution is 2.31. The molecule has 0 bridgehead atoms. The zero-order valence-electron chi connectivity index (χ0n) is 25.3. The van der Waals surface area contributed by atoms with Gasteiger partial charge in [0.05, 0.1) is 25.0 Å². The Hall–Kier alpha value is -5.54. The number of furan rings is 1. The Balaban J connectivity index is 1.28. The highest BCUT2D eigenvalue weighted by molar-refractivity contribution is 8.00. The maximum absolute atomic E-state index is 13.5. The lowest BCUT2D eigenvalue weighted by Crippen LogP contribution is -2.30. The van der Waals surface area contributed by atoms with E-state index in [1.807, 2.05) is 43.3 Å². The molecule has 0 unspecified atom stereocenters. The number of ether oxygens (including phenoxy) is 2. The van der Waals surface area contributed by atoms with Gasteiger partial charge in [0.2, 0.25) is 0 Å². The summed E-state index contributed by atoms with van der Waals surface area (Å²) in [5.74, 6) is 1.57. The van der Waals surface area contributed by atoms with Crippen molar-refractivity contribution in [1.82, 2.24) is 5.32 Å². The molecule has 0 saturated carbocycles. The molecule has 1 heterocycles. The minimum absolute atomic E-state index is 0.00107. The number of benzene rings is 4. The zero-order chi connectivity index (χ0) is 32.3. The lowest BCUT2D eigenvalue weighted by Gasteiger charge is -2.11. The molecule has 0 spiro atoms. The van der Waals surface area contributed by atoms with Crippen LogP contribution in [0.3, 0.4) is 0 Å². The SMILES string of the molecule is CCOc1ccc(C(=O)CSc2ccc(NC(=O)C(=Cc3ccc(-c4ccccc4OC)o3)NC(=O)c3ccccc3)cc2)cc1. The van der Waals surface area contributed by atoms with Crippen LogP contribution >= 0.6 is 11.8 Å². The van der Waals surface area contributed by atoms with Crippen molar-refractivity contribution in [2.75, 3.05) is 24.8 Å². The number of anilines is 1. The Kier molecular flexibility index (Phi) is 10.7. The van der Waals surface area contributed by atoms with E-state index < -0.39 is 11.8 Å². The van der Waals surface area contributed by atoms with Gasteiger partial charge in [0.1, 0.15) is 28.7 Å². The molecule has 0 aliphatic heterocycles. The summed E-state index contributed by atoms with van der Waals surface area (Å²) >= 11 is 1.40. The number of hydrogen-bond acceptors (Lipinski definition) is 7. The summed E-state index contributed by atoms with van der Waals surface area (Å²) in [4.78, 5) is 40.0. The monoisotopic (exact) mass is 632 g/mol. The number of ketones is 1. The van der Waals surface area contributed by atoms with Crippen molar-refractivity contribution in [2.24, 2.45) is 0 Å². The maximum Gasteiger partial charge on any atom is 0.272 e. The summed E-state index contributed by atoms with van der Waals surface area (Å²) < 4.78 is 16.9. The second-order valence-corrected chi connectivity index (χ2v) is 11.0. The fourth-order valence-electron chi connectivity index (χ4n) is 4.48. The van der Waals surface area contributed by atoms with Crippen LogP contribution in [0.1, 0.15) is 33.4 Å². The minimum Gasteiger partial charge on any atom is -0.496 e. The molecule has 0 atom stereocenters. The third-order valence-electron chi connectivity index (χ3n) is 6.78. The molecular weight excluding hydrogens is 600 g/mol. The molecule has 4 aromatic carbocycles. The van der Waals surface area contributed by atoms with Crippen LogP contribution in [0.4, 0.5) is 5.69 Å².